The fraction of sp³-hybridized carbons (Fsp3) is 0.300. The number of carbonyl (C=O) groups is 2. The van der Waals surface area contributed by atoms with Crippen molar-refractivity contribution in [3.8, 4) is 11.1 Å². The first kappa shape index (κ1) is 30.1. The van der Waals surface area contributed by atoms with E-state index in [2.05, 4.69) is 15.7 Å². The lowest BCUT2D eigenvalue weighted by Gasteiger charge is -2.26. The van der Waals surface area contributed by atoms with Crippen LogP contribution in [-0.4, -0.2) is 40.6 Å². The summed E-state index contributed by atoms with van der Waals surface area (Å²) in [6.07, 6.45) is -2.04. The topological polar surface area (TPSA) is 100 Å². The van der Waals surface area contributed by atoms with Crippen LogP contribution in [0.25, 0.3) is 11.1 Å². The Kier molecular flexibility index (Phi) is 8.19. The van der Waals surface area contributed by atoms with Crippen molar-refractivity contribution in [2.75, 3.05) is 6.54 Å². The summed E-state index contributed by atoms with van der Waals surface area (Å²) in [7, 11) is 0. The summed E-state index contributed by atoms with van der Waals surface area (Å²) in [5.74, 6) is -4.45. The zero-order valence-corrected chi connectivity index (χ0v) is 22.8. The number of nitrogens with one attached hydrogen (secondary N) is 2. The van der Waals surface area contributed by atoms with E-state index in [1.165, 1.54) is 25.3 Å². The predicted molar refractivity (Wildman–Crippen MR) is 144 cm³/mol. The molecule has 2 aromatic carbocycles. The van der Waals surface area contributed by atoms with Gasteiger partial charge in [0, 0.05) is 23.5 Å². The van der Waals surface area contributed by atoms with E-state index in [1.807, 2.05) is 0 Å². The van der Waals surface area contributed by atoms with Crippen molar-refractivity contribution >= 4 is 11.8 Å². The summed E-state index contributed by atoms with van der Waals surface area (Å²) in [5, 5.41) is 3.89. The van der Waals surface area contributed by atoms with Gasteiger partial charge in [0.2, 0.25) is 5.91 Å². The van der Waals surface area contributed by atoms with Crippen molar-refractivity contribution in [3.05, 3.63) is 100 Å². The van der Waals surface area contributed by atoms with Gasteiger partial charge in [0.1, 0.15) is 30.0 Å². The molecule has 7 nitrogen and oxygen atoms in total. The Morgan fingerprint density at radius 3 is 2.42 bits per heavy atom. The molecule has 0 bridgehead atoms. The van der Waals surface area contributed by atoms with Crippen LogP contribution in [0.5, 0.6) is 0 Å². The molecule has 1 saturated carbocycles. The van der Waals surface area contributed by atoms with Crippen LogP contribution in [-0.2, 0) is 11.2 Å². The largest absolute Gasteiger partial charge is 0.409 e. The molecule has 2 amide bonds. The molecule has 2 atom stereocenters. The van der Waals surface area contributed by atoms with Crippen molar-refractivity contribution in [3.63, 3.8) is 0 Å². The maximum atomic E-state index is 14.2. The standard InChI is InChI=1S/C30H27F6N5O2/c1-15-26(17-4-5-17)28(30(34,35)36)40-41(15)14-25(42)39-24(11-16-9-19(31)13-20(32)10-16)27-21(3-2-8-38-27)18-6-7-23(33)22(12-18)29(37)43/h2-3,6-10,12-13,17,24,28,40H,4-5,11,14H2,1H3,(H2,37,43)(H,39,42)/t24-,28?/m0/s1. The number of allylic oxidation sites excluding steroid dienone is 1. The number of aromatic nitrogens is 1. The van der Waals surface area contributed by atoms with Crippen LogP contribution in [0, 0.1) is 23.4 Å². The van der Waals surface area contributed by atoms with Crippen molar-refractivity contribution in [1.82, 2.24) is 20.7 Å². The van der Waals surface area contributed by atoms with E-state index in [-0.39, 0.29) is 34.7 Å². The Labute approximate surface area is 242 Å². The molecule has 1 aliphatic heterocycles. The minimum absolute atomic E-state index is 0.158. The zero-order chi connectivity index (χ0) is 31.1. The smallest absolute Gasteiger partial charge is 0.366 e. The van der Waals surface area contributed by atoms with Crippen molar-refractivity contribution in [2.45, 2.75) is 44.4 Å². The quantitative estimate of drug-likeness (QED) is 0.296. The zero-order valence-electron chi connectivity index (χ0n) is 22.8. The third kappa shape index (κ3) is 6.66. The number of benzene rings is 2. The fourth-order valence-corrected chi connectivity index (χ4v) is 5.41. The van der Waals surface area contributed by atoms with E-state index in [0.717, 1.165) is 23.2 Å². The van der Waals surface area contributed by atoms with Gasteiger partial charge in [-0.25, -0.2) is 18.6 Å². The fourth-order valence-electron chi connectivity index (χ4n) is 5.41. The first-order valence-corrected chi connectivity index (χ1v) is 13.4. The molecule has 1 aliphatic carbocycles. The van der Waals surface area contributed by atoms with Gasteiger partial charge in [-0.2, -0.15) is 13.2 Å². The van der Waals surface area contributed by atoms with Crippen LogP contribution < -0.4 is 16.5 Å². The number of hydrogen-bond donors (Lipinski definition) is 3. The van der Waals surface area contributed by atoms with Crippen LogP contribution in [0.2, 0.25) is 0 Å². The number of nitrogens with zero attached hydrogens (tertiary/aromatic N) is 2. The van der Waals surface area contributed by atoms with Crippen LogP contribution in [0.1, 0.15) is 47.4 Å². The number of amides is 2. The molecule has 0 radical (unpaired) electrons. The highest BCUT2D eigenvalue weighted by Gasteiger charge is 2.51. The highest BCUT2D eigenvalue weighted by Crippen LogP contribution is 2.46. The third-order valence-corrected chi connectivity index (χ3v) is 7.47. The van der Waals surface area contributed by atoms with Gasteiger partial charge in [-0.3, -0.25) is 14.6 Å². The molecular weight excluding hydrogens is 576 g/mol. The van der Waals surface area contributed by atoms with E-state index >= 15 is 0 Å². The minimum atomic E-state index is -4.56. The lowest BCUT2D eigenvalue weighted by molar-refractivity contribution is -0.153. The summed E-state index contributed by atoms with van der Waals surface area (Å²) in [6, 6.07) is 6.71. The maximum Gasteiger partial charge on any atom is 0.409 e. The number of pyridine rings is 1. The van der Waals surface area contributed by atoms with Gasteiger partial charge in [-0.05, 0) is 79.1 Å². The summed E-state index contributed by atoms with van der Waals surface area (Å²) < 4.78 is 83.7. The van der Waals surface area contributed by atoms with E-state index in [9.17, 15) is 35.9 Å². The number of carbonyl (C=O) groups excluding carboxylic acids is 2. The molecule has 2 aliphatic rings. The van der Waals surface area contributed by atoms with E-state index in [0.29, 0.717) is 35.7 Å². The Bertz CT molecular complexity index is 1580. The molecular formula is C30H27F6N5O2. The van der Waals surface area contributed by atoms with Crippen molar-refractivity contribution in [2.24, 2.45) is 11.7 Å². The Hall–Kier alpha value is -4.39. The second-order valence-corrected chi connectivity index (χ2v) is 10.6. The van der Waals surface area contributed by atoms with Crippen LogP contribution >= 0.6 is 0 Å². The van der Waals surface area contributed by atoms with Gasteiger partial charge in [-0.1, -0.05) is 12.1 Å². The van der Waals surface area contributed by atoms with E-state index < -0.39 is 54.1 Å². The number of rotatable bonds is 9. The van der Waals surface area contributed by atoms with Crippen molar-refractivity contribution in [1.29, 1.82) is 0 Å². The molecule has 1 unspecified atom stereocenters. The Morgan fingerprint density at radius 2 is 1.79 bits per heavy atom. The lowest BCUT2D eigenvalue weighted by atomic mass is 9.94. The maximum absolute atomic E-state index is 14.2. The summed E-state index contributed by atoms with van der Waals surface area (Å²) >= 11 is 0. The summed E-state index contributed by atoms with van der Waals surface area (Å²) in [4.78, 5) is 29.5. The molecule has 13 heteroatoms. The van der Waals surface area contributed by atoms with Crippen LogP contribution in [0.4, 0.5) is 26.3 Å². The molecule has 0 saturated heterocycles. The predicted octanol–water partition coefficient (Wildman–Crippen LogP) is 5.10. The number of alkyl halides is 3. The van der Waals surface area contributed by atoms with Gasteiger partial charge < -0.3 is 16.1 Å². The average Bonchev–Trinajstić information content (AvgIpc) is 3.70. The molecule has 0 spiro atoms. The minimum Gasteiger partial charge on any atom is -0.366 e. The second-order valence-electron chi connectivity index (χ2n) is 10.6. The molecule has 1 fully saturated rings. The summed E-state index contributed by atoms with van der Waals surface area (Å²) in [6.45, 7) is 1.03. The first-order chi connectivity index (χ1) is 20.3. The Balaban J connectivity index is 1.48. The van der Waals surface area contributed by atoms with Gasteiger partial charge in [0.05, 0.1) is 17.3 Å². The van der Waals surface area contributed by atoms with Gasteiger partial charge in [0.25, 0.3) is 5.91 Å². The molecule has 3 aromatic rings. The molecule has 2 heterocycles. The normalized spacial score (nSPS) is 17.7. The lowest BCUT2D eigenvalue weighted by Crippen LogP contribution is -2.49. The van der Waals surface area contributed by atoms with E-state index in [4.69, 9.17) is 5.73 Å². The average molecular weight is 604 g/mol. The molecule has 5 rings (SSSR count). The molecule has 4 N–H and O–H groups in total. The highest BCUT2D eigenvalue weighted by molar-refractivity contribution is 5.94. The van der Waals surface area contributed by atoms with E-state index in [1.54, 1.807) is 12.1 Å². The number of hydrogen-bond acceptors (Lipinski definition) is 5. The highest BCUT2D eigenvalue weighted by atomic mass is 19.4. The summed E-state index contributed by atoms with van der Waals surface area (Å²) in [5.41, 5.74) is 8.90. The first-order valence-electron chi connectivity index (χ1n) is 13.4. The molecule has 1 aromatic heterocycles. The number of hydrazine groups is 1. The number of primary amides is 1. The monoisotopic (exact) mass is 603 g/mol. The SMILES string of the molecule is CC1=C(C2CC2)C(C(F)(F)F)NN1CC(=O)N[C@@H](Cc1cc(F)cc(F)c1)c1ncccc1-c1ccc(F)c(C(N)=O)c1. The Morgan fingerprint density at radius 1 is 1.09 bits per heavy atom. The van der Waals surface area contributed by atoms with Gasteiger partial charge in [0.15, 0.2) is 0 Å². The van der Waals surface area contributed by atoms with Gasteiger partial charge in [-0.15, -0.1) is 0 Å². The number of halogens is 6. The number of nitrogens with two attached hydrogens (primary N) is 1. The second kappa shape index (κ2) is 11.7. The van der Waals surface area contributed by atoms with Crippen molar-refractivity contribution < 1.29 is 35.9 Å². The molecule has 226 valence electrons. The van der Waals surface area contributed by atoms with Gasteiger partial charge >= 0.3 is 6.18 Å². The van der Waals surface area contributed by atoms with Crippen LogP contribution in [0.3, 0.4) is 0 Å². The third-order valence-electron chi connectivity index (χ3n) is 7.47. The van der Waals surface area contributed by atoms with Crippen LogP contribution in [0.15, 0.2) is 66.0 Å². The molecule has 43 heavy (non-hydrogen) atoms.